The van der Waals surface area contributed by atoms with Crippen molar-refractivity contribution < 1.29 is 19.0 Å². The van der Waals surface area contributed by atoms with Gasteiger partial charge in [-0.15, -0.1) is 4.99 Å². The van der Waals surface area contributed by atoms with Crippen LogP contribution in [0.3, 0.4) is 0 Å². The molecule has 5 heteroatoms. The monoisotopic (exact) mass is 217 g/mol. The first-order valence-electron chi connectivity index (χ1n) is 5.15. The summed E-state index contributed by atoms with van der Waals surface area (Å²) in [5.41, 5.74) is 0. The van der Waals surface area contributed by atoms with Gasteiger partial charge in [0.25, 0.3) is 0 Å². The van der Waals surface area contributed by atoms with Crippen LogP contribution >= 0.6 is 0 Å². The van der Waals surface area contributed by atoms with Crippen molar-refractivity contribution in [2.45, 2.75) is 39.7 Å². The number of aliphatic imine (C=N–C) groups is 1. The molecule has 0 saturated heterocycles. The van der Waals surface area contributed by atoms with E-state index in [0.29, 0.717) is 19.8 Å². The van der Waals surface area contributed by atoms with Crippen LogP contribution in [0.2, 0.25) is 0 Å². The first-order chi connectivity index (χ1) is 7.16. The molecule has 0 heterocycles. The summed E-state index contributed by atoms with van der Waals surface area (Å²) in [7, 11) is 0. The Morgan fingerprint density at radius 1 is 1.20 bits per heavy atom. The number of ether oxygens (including phenoxy) is 3. The van der Waals surface area contributed by atoms with Crippen LogP contribution in [0.4, 0.5) is 0 Å². The Balaban J connectivity index is 4.81. The van der Waals surface area contributed by atoms with Gasteiger partial charge in [0.2, 0.25) is 6.08 Å². The number of carbonyl (C=O) groups excluding carboxylic acids is 1. The Bertz CT molecular complexity index is 207. The minimum absolute atomic E-state index is 0.378. The van der Waals surface area contributed by atoms with E-state index in [0.717, 1.165) is 0 Å². The van der Waals surface area contributed by atoms with Crippen LogP contribution in [-0.4, -0.2) is 37.9 Å². The second-order valence-electron chi connectivity index (χ2n) is 2.80. The van der Waals surface area contributed by atoms with Crippen molar-refractivity contribution in [2.75, 3.05) is 19.8 Å². The van der Waals surface area contributed by atoms with Gasteiger partial charge in [0, 0.05) is 19.8 Å². The average Bonchev–Trinajstić information content (AvgIpc) is 2.19. The van der Waals surface area contributed by atoms with Gasteiger partial charge >= 0.3 is 5.91 Å². The zero-order chi connectivity index (χ0) is 11.7. The Labute approximate surface area is 90.4 Å². The van der Waals surface area contributed by atoms with Crippen LogP contribution < -0.4 is 0 Å². The maximum absolute atomic E-state index is 10.4. The standard InChI is InChI=1S/C10H19NO4/c1-5-13-9(4)10(11-8-12,14-6-2)15-7-3/h9H,5-7H2,1-4H3. The molecule has 0 fully saturated rings. The summed E-state index contributed by atoms with van der Waals surface area (Å²) in [4.78, 5) is 14.0. The maximum Gasteiger partial charge on any atom is 0.307 e. The molecule has 0 aliphatic rings. The number of hydrogen-bond donors (Lipinski definition) is 0. The maximum atomic E-state index is 10.4. The molecule has 0 aliphatic carbocycles. The third-order valence-corrected chi connectivity index (χ3v) is 1.83. The largest absolute Gasteiger partial charge is 0.371 e. The number of hydrogen-bond acceptors (Lipinski definition) is 5. The molecule has 0 aliphatic heterocycles. The molecule has 15 heavy (non-hydrogen) atoms. The fourth-order valence-corrected chi connectivity index (χ4v) is 1.26. The molecule has 0 bridgehead atoms. The highest BCUT2D eigenvalue weighted by molar-refractivity contribution is 5.34. The molecule has 88 valence electrons. The Hall–Kier alpha value is -0.740. The Morgan fingerprint density at radius 3 is 2.07 bits per heavy atom. The molecule has 0 rings (SSSR count). The molecule has 0 N–H and O–H groups in total. The Morgan fingerprint density at radius 2 is 1.73 bits per heavy atom. The summed E-state index contributed by atoms with van der Waals surface area (Å²) in [6, 6.07) is 0. The minimum Gasteiger partial charge on any atom is -0.371 e. The van der Waals surface area contributed by atoms with E-state index in [4.69, 9.17) is 14.2 Å². The van der Waals surface area contributed by atoms with E-state index in [1.165, 1.54) is 6.08 Å². The summed E-state index contributed by atoms with van der Waals surface area (Å²) in [6.45, 7) is 8.45. The molecular weight excluding hydrogens is 198 g/mol. The van der Waals surface area contributed by atoms with E-state index in [1.807, 2.05) is 6.92 Å². The normalized spacial score (nSPS) is 13.3. The van der Waals surface area contributed by atoms with Gasteiger partial charge in [-0.05, 0) is 27.7 Å². The SMILES string of the molecule is CCOC(C)C(N=C=O)(OCC)OCC. The lowest BCUT2D eigenvalue weighted by molar-refractivity contribution is -0.279. The molecule has 0 aromatic carbocycles. The number of isocyanates is 1. The van der Waals surface area contributed by atoms with Crippen molar-refractivity contribution in [2.24, 2.45) is 4.99 Å². The first-order valence-corrected chi connectivity index (χ1v) is 5.15. The van der Waals surface area contributed by atoms with Crippen LogP contribution in [0.1, 0.15) is 27.7 Å². The van der Waals surface area contributed by atoms with Gasteiger partial charge in [0.05, 0.1) is 0 Å². The van der Waals surface area contributed by atoms with Gasteiger partial charge in [-0.2, -0.15) is 0 Å². The van der Waals surface area contributed by atoms with Crippen LogP contribution in [0.25, 0.3) is 0 Å². The van der Waals surface area contributed by atoms with Gasteiger partial charge in [-0.3, -0.25) is 0 Å². The molecule has 1 unspecified atom stereocenters. The van der Waals surface area contributed by atoms with Crippen molar-refractivity contribution in [1.29, 1.82) is 0 Å². The lowest BCUT2D eigenvalue weighted by atomic mass is 10.3. The fourth-order valence-electron chi connectivity index (χ4n) is 1.26. The van der Waals surface area contributed by atoms with E-state index >= 15 is 0 Å². The zero-order valence-electron chi connectivity index (χ0n) is 9.78. The van der Waals surface area contributed by atoms with Crippen molar-refractivity contribution >= 4 is 6.08 Å². The summed E-state index contributed by atoms with van der Waals surface area (Å²) in [5.74, 6) is -1.36. The first kappa shape index (κ1) is 14.3. The van der Waals surface area contributed by atoms with E-state index in [-0.39, 0.29) is 0 Å². The predicted molar refractivity (Wildman–Crippen MR) is 55.2 cm³/mol. The lowest BCUT2D eigenvalue weighted by Crippen LogP contribution is -2.46. The van der Waals surface area contributed by atoms with Crippen molar-refractivity contribution in [1.82, 2.24) is 0 Å². The van der Waals surface area contributed by atoms with Gasteiger partial charge in [0.1, 0.15) is 6.10 Å². The second kappa shape index (κ2) is 7.54. The zero-order valence-corrected chi connectivity index (χ0v) is 9.78. The van der Waals surface area contributed by atoms with E-state index in [1.54, 1.807) is 20.8 Å². The quantitative estimate of drug-likeness (QED) is 0.351. The summed E-state index contributed by atoms with van der Waals surface area (Å²) in [5, 5.41) is 0. The molecular formula is C10H19NO4. The number of rotatable bonds is 8. The van der Waals surface area contributed by atoms with E-state index < -0.39 is 12.0 Å². The molecule has 0 aromatic heterocycles. The van der Waals surface area contributed by atoms with Gasteiger partial charge in [-0.25, -0.2) is 4.79 Å². The van der Waals surface area contributed by atoms with Gasteiger partial charge < -0.3 is 14.2 Å². The van der Waals surface area contributed by atoms with Crippen LogP contribution in [0, 0.1) is 0 Å². The van der Waals surface area contributed by atoms with Crippen LogP contribution in [0.15, 0.2) is 4.99 Å². The summed E-state index contributed by atoms with van der Waals surface area (Å²) < 4.78 is 16.0. The smallest absolute Gasteiger partial charge is 0.307 e. The van der Waals surface area contributed by atoms with Crippen molar-refractivity contribution in [3.8, 4) is 0 Å². The second-order valence-corrected chi connectivity index (χ2v) is 2.80. The minimum atomic E-state index is -1.36. The molecule has 5 nitrogen and oxygen atoms in total. The predicted octanol–water partition coefficient (Wildman–Crippen LogP) is 1.47. The average molecular weight is 217 g/mol. The van der Waals surface area contributed by atoms with Crippen LogP contribution in [-0.2, 0) is 19.0 Å². The lowest BCUT2D eigenvalue weighted by Gasteiger charge is -2.32. The van der Waals surface area contributed by atoms with Gasteiger partial charge in [-0.1, -0.05) is 0 Å². The third-order valence-electron chi connectivity index (χ3n) is 1.83. The van der Waals surface area contributed by atoms with Crippen molar-refractivity contribution in [3.05, 3.63) is 0 Å². The van der Waals surface area contributed by atoms with Crippen molar-refractivity contribution in [3.63, 3.8) is 0 Å². The highest BCUT2D eigenvalue weighted by atomic mass is 16.7. The molecule has 0 spiro atoms. The molecule has 0 saturated carbocycles. The third kappa shape index (κ3) is 4.10. The topological polar surface area (TPSA) is 57.1 Å². The van der Waals surface area contributed by atoms with E-state index in [2.05, 4.69) is 4.99 Å². The van der Waals surface area contributed by atoms with Crippen LogP contribution in [0.5, 0.6) is 0 Å². The van der Waals surface area contributed by atoms with Gasteiger partial charge in [0.15, 0.2) is 0 Å². The summed E-state index contributed by atoms with van der Waals surface area (Å²) >= 11 is 0. The molecule has 1 atom stereocenters. The highest BCUT2D eigenvalue weighted by Gasteiger charge is 2.39. The highest BCUT2D eigenvalue weighted by Crippen LogP contribution is 2.22. The van der Waals surface area contributed by atoms with E-state index in [9.17, 15) is 4.79 Å². The molecule has 0 aromatic rings. The Kier molecular flexibility index (Phi) is 7.17. The molecule has 0 radical (unpaired) electrons. The summed E-state index contributed by atoms with van der Waals surface area (Å²) in [6.07, 6.45) is 1.01. The fraction of sp³-hybridized carbons (Fsp3) is 0.900. The molecule has 0 amide bonds. The number of nitrogens with zero attached hydrogens (tertiary/aromatic N) is 1.